The Kier molecular flexibility index (Phi) is 10.3. The second-order valence-electron chi connectivity index (χ2n) is 11.7. The molecule has 1 aromatic rings. The second kappa shape index (κ2) is 13.3. The van der Waals surface area contributed by atoms with Gasteiger partial charge in [0.2, 0.25) is 0 Å². The molecule has 0 heterocycles. The van der Waals surface area contributed by atoms with Crippen LogP contribution in [0.4, 0.5) is 0 Å². The number of ether oxygens (including phenoxy) is 4. The number of fused-ring (bicyclic) bond motifs is 1. The Bertz CT molecular complexity index is 1240. The molecular weight excluding hydrogens is 524 g/mol. The predicted octanol–water partition coefficient (Wildman–Crippen LogP) is 5.97. The molecule has 3 rings (SSSR count). The molecule has 8 heteroatoms. The van der Waals surface area contributed by atoms with Gasteiger partial charge in [-0.2, -0.15) is 0 Å². The van der Waals surface area contributed by atoms with Crippen molar-refractivity contribution < 1.29 is 38.1 Å². The van der Waals surface area contributed by atoms with Crippen molar-refractivity contribution in [2.45, 2.75) is 73.5 Å². The zero-order chi connectivity index (χ0) is 30.5. The molecule has 222 valence electrons. The fourth-order valence-corrected chi connectivity index (χ4v) is 5.69. The zero-order valence-electron chi connectivity index (χ0n) is 25.3. The maximum absolute atomic E-state index is 13.2. The molecule has 1 saturated carbocycles. The largest absolute Gasteiger partial charge is 0.469 e. The van der Waals surface area contributed by atoms with Crippen molar-refractivity contribution >= 4 is 23.9 Å². The van der Waals surface area contributed by atoms with Crippen molar-refractivity contribution in [3.05, 3.63) is 71.0 Å². The molecule has 0 radical (unpaired) electrons. The van der Waals surface area contributed by atoms with Gasteiger partial charge in [-0.1, -0.05) is 69.7 Å². The molecule has 0 spiro atoms. The highest BCUT2D eigenvalue weighted by Gasteiger charge is 2.44. The molecule has 41 heavy (non-hydrogen) atoms. The topological polar surface area (TPSA) is 105 Å². The van der Waals surface area contributed by atoms with Gasteiger partial charge in [0, 0.05) is 37.5 Å². The van der Waals surface area contributed by atoms with Crippen LogP contribution in [0.25, 0.3) is 0 Å². The minimum absolute atomic E-state index is 0.0969. The van der Waals surface area contributed by atoms with E-state index in [0.29, 0.717) is 23.3 Å². The van der Waals surface area contributed by atoms with Gasteiger partial charge in [-0.25, -0.2) is 4.79 Å². The molecule has 0 aliphatic heterocycles. The quantitative estimate of drug-likeness (QED) is 0.244. The third-order valence-electron chi connectivity index (χ3n) is 7.98. The zero-order valence-corrected chi connectivity index (χ0v) is 25.3. The fraction of sp³-hybridized carbons (Fsp3) is 0.515. The number of allylic oxidation sites excluding steroid dienone is 1. The van der Waals surface area contributed by atoms with Crippen LogP contribution in [0.5, 0.6) is 0 Å². The molecule has 0 amide bonds. The molecule has 2 aliphatic carbocycles. The Morgan fingerprint density at radius 3 is 2.20 bits per heavy atom. The molecule has 1 aromatic carbocycles. The summed E-state index contributed by atoms with van der Waals surface area (Å²) in [6.45, 7) is 12.3. The van der Waals surface area contributed by atoms with Crippen LogP contribution in [-0.2, 0) is 33.3 Å². The first-order valence-corrected chi connectivity index (χ1v) is 14.0. The van der Waals surface area contributed by atoms with Crippen molar-refractivity contribution in [1.82, 2.24) is 0 Å². The summed E-state index contributed by atoms with van der Waals surface area (Å²) < 4.78 is 22.9. The van der Waals surface area contributed by atoms with Gasteiger partial charge in [0.05, 0.1) is 18.6 Å². The van der Waals surface area contributed by atoms with Gasteiger partial charge in [-0.3, -0.25) is 14.4 Å². The maximum Gasteiger partial charge on any atom is 0.338 e. The second-order valence-corrected chi connectivity index (χ2v) is 11.7. The summed E-state index contributed by atoms with van der Waals surface area (Å²) in [5.41, 5.74) is 1.30. The summed E-state index contributed by atoms with van der Waals surface area (Å²) in [7, 11) is 1.32. The summed E-state index contributed by atoms with van der Waals surface area (Å²) in [6.07, 6.45) is 5.30. The van der Waals surface area contributed by atoms with Crippen LogP contribution in [0.15, 0.2) is 65.5 Å². The van der Waals surface area contributed by atoms with Gasteiger partial charge in [-0.05, 0) is 37.0 Å². The molecule has 8 nitrogen and oxygen atoms in total. The van der Waals surface area contributed by atoms with Gasteiger partial charge in [0.15, 0.2) is 0 Å². The number of hydrogen-bond acceptors (Lipinski definition) is 8. The third-order valence-corrected chi connectivity index (χ3v) is 7.98. The summed E-state index contributed by atoms with van der Waals surface area (Å²) >= 11 is 0. The van der Waals surface area contributed by atoms with E-state index >= 15 is 0 Å². The standard InChI is InChI=1S/C33H42O8/c1-19-14-15-33(6,7)28(39-22(4)34)18-25(32(37)38-8)20(2)16-26-27(29(19)40-23(5)35)17-21(3)30(26)41-31(36)24-12-10-9-11-13-24/h9-16,19,21,25-26,28,30H,17-18H2,1-8H3. The van der Waals surface area contributed by atoms with Crippen LogP contribution in [-0.4, -0.2) is 43.2 Å². The SMILES string of the molecule is COC(=O)C1CC(OC(C)=O)C(C)(C)C=CC(C)C(OC(C)=O)=C2CC(C)C(OC(=O)c3ccccc3)C2C=C1C. The van der Waals surface area contributed by atoms with Gasteiger partial charge in [0.25, 0.3) is 0 Å². The Labute approximate surface area is 242 Å². The first-order valence-electron chi connectivity index (χ1n) is 14.0. The van der Waals surface area contributed by atoms with E-state index in [1.54, 1.807) is 24.3 Å². The molecule has 1 fully saturated rings. The molecule has 0 aromatic heterocycles. The number of esters is 4. The average molecular weight is 567 g/mol. The van der Waals surface area contributed by atoms with E-state index in [0.717, 1.165) is 5.57 Å². The van der Waals surface area contributed by atoms with E-state index in [2.05, 4.69) is 0 Å². The van der Waals surface area contributed by atoms with Crippen molar-refractivity contribution in [3.8, 4) is 0 Å². The lowest BCUT2D eigenvalue weighted by atomic mass is 9.77. The van der Waals surface area contributed by atoms with E-state index in [4.69, 9.17) is 18.9 Å². The molecule has 0 N–H and O–H groups in total. The van der Waals surface area contributed by atoms with Crippen LogP contribution in [0.1, 0.15) is 71.7 Å². The highest BCUT2D eigenvalue weighted by molar-refractivity contribution is 5.89. The Balaban J connectivity index is 2.23. The predicted molar refractivity (Wildman–Crippen MR) is 153 cm³/mol. The van der Waals surface area contributed by atoms with Crippen LogP contribution in [0.3, 0.4) is 0 Å². The minimum Gasteiger partial charge on any atom is -0.469 e. The van der Waals surface area contributed by atoms with Crippen LogP contribution in [0, 0.1) is 29.1 Å². The molecule has 0 bridgehead atoms. The Morgan fingerprint density at radius 1 is 0.951 bits per heavy atom. The first kappa shape index (κ1) is 31.8. The Hall–Kier alpha value is -3.68. The highest BCUT2D eigenvalue weighted by atomic mass is 16.6. The number of carbonyl (C=O) groups is 4. The van der Waals surface area contributed by atoms with Gasteiger partial charge in [0.1, 0.15) is 18.0 Å². The Morgan fingerprint density at radius 2 is 1.61 bits per heavy atom. The number of rotatable bonds is 5. The van der Waals surface area contributed by atoms with E-state index in [-0.39, 0.29) is 18.3 Å². The molecule has 6 unspecified atom stereocenters. The first-order chi connectivity index (χ1) is 19.2. The number of hydrogen-bond donors (Lipinski definition) is 0. The smallest absolute Gasteiger partial charge is 0.338 e. The van der Waals surface area contributed by atoms with Crippen molar-refractivity contribution in [2.75, 3.05) is 7.11 Å². The maximum atomic E-state index is 13.2. The lowest BCUT2D eigenvalue weighted by molar-refractivity contribution is -0.156. The van der Waals surface area contributed by atoms with Crippen molar-refractivity contribution in [2.24, 2.45) is 29.1 Å². The van der Waals surface area contributed by atoms with E-state index in [1.807, 2.05) is 58.9 Å². The lowest BCUT2D eigenvalue weighted by Crippen LogP contribution is -2.37. The number of carbonyl (C=O) groups excluding carboxylic acids is 4. The van der Waals surface area contributed by atoms with Crippen molar-refractivity contribution in [1.29, 1.82) is 0 Å². The average Bonchev–Trinajstić information content (AvgIpc) is 3.21. The van der Waals surface area contributed by atoms with Crippen LogP contribution >= 0.6 is 0 Å². The summed E-state index contributed by atoms with van der Waals surface area (Å²) in [5.74, 6) is -2.94. The monoisotopic (exact) mass is 566 g/mol. The lowest BCUT2D eigenvalue weighted by Gasteiger charge is -2.34. The van der Waals surface area contributed by atoms with Crippen LogP contribution < -0.4 is 0 Å². The molecule has 0 saturated heterocycles. The number of benzene rings is 1. The van der Waals surface area contributed by atoms with E-state index < -0.39 is 53.3 Å². The summed E-state index contributed by atoms with van der Waals surface area (Å²) in [4.78, 5) is 50.7. The fourth-order valence-electron chi connectivity index (χ4n) is 5.69. The molecule has 6 atom stereocenters. The normalized spacial score (nSPS) is 27.9. The van der Waals surface area contributed by atoms with E-state index in [9.17, 15) is 19.2 Å². The van der Waals surface area contributed by atoms with Crippen LogP contribution in [0.2, 0.25) is 0 Å². The van der Waals surface area contributed by atoms with Gasteiger partial charge < -0.3 is 18.9 Å². The third kappa shape index (κ3) is 7.75. The van der Waals surface area contributed by atoms with Gasteiger partial charge in [-0.15, -0.1) is 0 Å². The van der Waals surface area contributed by atoms with E-state index in [1.165, 1.54) is 21.0 Å². The molecule has 2 aliphatic rings. The summed E-state index contributed by atoms with van der Waals surface area (Å²) in [6, 6.07) is 8.76. The minimum atomic E-state index is -0.728. The number of methoxy groups -OCH3 is 1. The van der Waals surface area contributed by atoms with Crippen molar-refractivity contribution in [3.63, 3.8) is 0 Å². The summed E-state index contributed by atoms with van der Waals surface area (Å²) in [5, 5.41) is 0. The highest BCUT2D eigenvalue weighted by Crippen LogP contribution is 2.45. The van der Waals surface area contributed by atoms with Gasteiger partial charge >= 0.3 is 23.9 Å². The molecular formula is C33H42O8.